The molecule has 3 rings (SSSR count). The first kappa shape index (κ1) is 24.9. The smallest absolute Gasteiger partial charge is 0.163 e. The highest BCUT2D eigenvalue weighted by atomic mass is 79.9. The number of hydrogen-bond acceptors (Lipinski definition) is 4. The number of Topliss-reactive ketones (excluding diaryl/α,β-unsaturated/α-hetero) is 2. The van der Waals surface area contributed by atoms with Crippen LogP contribution in [0.3, 0.4) is 0 Å². The molecule has 2 aromatic carbocycles. The second-order valence-electron chi connectivity index (χ2n) is 5.66. The van der Waals surface area contributed by atoms with Crippen molar-refractivity contribution in [1.82, 2.24) is 0 Å². The molecule has 0 N–H and O–H groups in total. The van der Waals surface area contributed by atoms with Crippen molar-refractivity contribution in [3.8, 4) is 11.5 Å². The minimum absolute atomic E-state index is 0. The Morgan fingerprint density at radius 1 is 1.00 bits per heavy atom. The molecule has 5 heteroatoms. The fraction of sp³-hybridized carbons (Fsp3) is 0.364. The van der Waals surface area contributed by atoms with Gasteiger partial charge in [-0.1, -0.05) is 30.8 Å². The number of ketones is 2. The number of alkyl halides is 1. The van der Waals surface area contributed by atoms with E-state index in [2.05, 4.69) is 15.9 Å². The van der Waals surface area contributed by atoms with E-state index in [-0.39, 0.29) is 26.4 Å². The Morgan fingerprint density at radius 3 is 2.15 bits per heavy atom. The van der Waals surface area contributed by atoms with Crippen molar-refractivity contribution in [3.05, 3.63) is 58.7 Å². The summed E-state index contributed by atoms with van der Waals surface area (Å²) in [7, 11) is 3.25. The second-order valence-corrected chi connectivity index (χ2v) is 6.22. The molecule has 0 unspecified atom stereocenters. The first-order valence-electron chi connectivity index (χ1n) is 7.94. The average molecular weight is 437 g/mol. The molecule has 0 amide bonds. The summed E-state index contributed by atoms with van der Waals surface area (Å²) in [6, 6.07) is 11.1. The highest BCUT2D eigenvalue weighted by Gasteiger charge is 2.19. The zero-order chi connectivity index (χ0) is 18.4. The van der Waals surface area contributed by atoms with Gasteiger partial charge in [0.15, 0.2) is 11.6 Å². The summed E-state index contributed by atoms with van der Waals surface area (Å²) in [5.74, 6) is 1.95. The van der Waals surface area contributed by atoms with E-state index in [0.717, 1.165) is 40.2 Å². The summed E-state index contributed by atoms with van der Waals surface area (Å²) in [6.07, 6.45) is 1.52. The lowest BCUT2D eigenvalue weighted by atomic mass is 10.1. The number of ether oxygens (including phenoxy) is 2. The van der Waals surface area contributed by atoms with Crippen molar-refractivity contribution in [2.45, 2.75) is 39.9 Å². The van der Waals surface area contributed by atoms with Crippen molar-refractivity contribution in [3.63, 3.8) is 0 Å². The molecule has 0 aromatic heterocycles. The minimum atomic E-state index is 0. The van der Waals surface area contributed by atoms with Gasteiger partial charge in [-0.25, -0.2) is 0 Å². The molecular weight excluding hydrogens is 408 g/mol. The van der Waals surface area contributed by atoms with Crippen LogP contribution in [-0.2, 0) is 11.8 Å². The molecule has 0 saturated carbocycles. The molecule has 2 aromatic rings. The van der Waals surface area contributed by atoms with E-state index in [4.69, 9.17) is 9.47 Å². The summed E-state index contributed by atoms with van der Waals surface area (Å²) in [6.45, 7) is 1.56. The van der Waals surface area contributed by atoms with Crippen LogP contribution in [0.2, 0.25) is 0 Å². The van der Waals surface area contributed by atoms with E-state index in [0.29, 0.717) is 11.8 Å². The van der Waals surface area contributed by atoms with Crippen LogP contribution in [-0.4, -0.2) is 25.8 Å². The van der Waals surface area contributed by atoms with E-state index >= 15 is 0 Å². The molecule has 0 aliphatic heterocycles. The largest absolute Gasteiger partial charge is 0.497 e. The molecule has 1 aliphatic rings. The van der Waals surface area contributed by atoms with Crippen molar-refractivity contribution >= 4 is 27.5 Å². The standard InChI is InChI=1S/C10H11BrO2.C10H10O2.2CH4/c1-7(12)10-4-3-9(13-2)5-8(10)6-11;1-12-8-3-4-9-7(6-8)2-5-10(9)11;;/h3-5H,6H2,1-2H3;3-4,6H,2,5H2,1H3;2*1H4. The second kappa shape index (κ2) is 11.5. The average Bonchev–Trinajstić information content (AvgIpc) is 3.01. The van der Waals surface area contributed by atoms with Gasteiger partial charge in [-0.2, -0.15) is 0 Å². The Labute approximate surface area is 171 Å². The molecule has 0 radical (unpaired) electrons. The van der Waals surface area contributed by atoms with Crippen molar-refractivity contribution in [2.24, 2.45) is 0 Å². The summed E-state index contributed by atoms with van der Waals surface area (Å²) in [5.41, 5.74) is 3.71. The van der Waals surface area contributed by atoms with E-state index in [1.54, 1.807) is 33.3 Å². The van der Waals surface area contributed by atoms with Crippen LogP contribution >= 0.6 is 15.9 Å². The fourth-order valence-electron chi connectivity index (χ4n) is 2.71. The van der Waals surface area contributed by atoms with Crippen molar-refractivity contribution in [2.75, 3.05) is 14.2 Å². The van der Waals surface area contributed by atoms with Gasteiger partial charge >= 0.3 is 0 Å². The lowest BCUT2D eigenvalue weighted by molar-refractivity contribution is 0.0991. The molecule has 148 valence electrons. The predicted molar refractivity (Wildman–Crippen MR) is 115 cm³/mol. The quantitative estimate of drug-likeness (QED) is 0.442. The van der Waals surface area contributed by atoms with Crippen LogP contribution in [0.4, 0.5) is 0 Å². The molecule has 0 spiro atoms. The summed E-state index contributed by atoms with van der Waals surface area (Å²) in [4.78, 5) is 22.4. The monoisotopic (exact) mass is 436 g/mol. The molecular formula is C22H29BrO4. The van der Waals surface area contributed by atoms with Crippen LogP contribution in [0.15, 0.2) is 36.4 Å². The SMILES string of the molecule is C.C.COc1ccc(C(C)=O)c(CBr)c1.COc1ccc2c(c1)CCC2=O. The van der Waals surface area contributed by atoms with Crippen LogP contribution in [0, 0.1) is 0 Å². The minimum Gasteiger partial charge on any atom is -0.497 e. The third-order valence-corrected chi connectivity index (χ3v) is 4.67. The number of carbonyl (C=O) groups is 2. The Bertz CT molecular complexity index is 784. The highest BCUT2D eigenvalue weighted by molar-refractivity contribution is 9.08. The normalized spacial score (nSPS) is 11.2. The van der Waals surface area contributed by atoms with Gasteiger partial charge in [0.1, 0.15) is 11.5 Å². The number of carbonyl (C=O) groups excluding carboxylic acids is 2. The van der Waals surface area contributed by atoms with E-state index < -0.39 is 0 Å². The Morgan fingerprint density at radius 2 is 1.59 bits per heavy atom. The molecule has 0 atom stereocenters. The Hall–Kier alpha value is -2.14. The van der Waals surface area contributed by atoms with Gasteiger partial charge in [0.2, 0.25) is 0 Å². The van der Waals surface area contributed by atoms with Crippen molar-refractivity contribution in [1.29, 1.82) is 0 Å². The predicted octanol–water partition coefficient (Wildman–Crippen LogP) is 5.89. The van der Waals surface area contributed by atoms with Crippen LogP contribution in [0.25, 0.3) is 0 Å². The molecule has 0 saturated heterocycles. The number of methoxy groups -OCH3 is 2. The van der Waals surface area contributed by atoms with E-state index in [9.17, 15) is 9.59 Å². The first-order valence-corrected chi connectivity index (χ1v) is 9.06. The zero-order valence-electron chi connectivity index (χ0n) is 14.6. The third-order valence-electron chi connectivity index (χ3n) is 4.07. The van der Waals surface area contributed by atoms with Gasteiger partial charge in [0, 0.05) is 22.9 Å². The summed E-state index contributed by atoms with van der Waals surface area (Å²) in [5, 5.41) is 0.666. The maximum absolute atomic E-state index is 11.2. The molecule has 4 nitrogen and oxygen atoms in total. The Kier molecular flexibility index (Phi) is 10.6. The van der Waals surface area contributed by atoms with Crippen LogP contribution in [0.1, 0.15) is 60.0 Å². The molecule has 0 heterocycles. The molecule has 1 aliphatic carbocycles. The van der Waals surface area contributed by atoms with E-state index in [1.165, 1.54) is 0 Å². The van der Waals surface area contributed by atoms with Crippen LogP contribution < -0.4 is 9.47 Å². The van der Waals surface area contributed by atoms with Crippen LogP contribution in [0.5, 0.6) is 11.5 Å². The van der Waals surface area contributed by atoms with Crippen molar-refractivity contribution < 1.29 is 19.1 Å². The molecule has 0 fully saturated rings. The summed E-state index contributed by atoms with van der Waals surface area (Å²) < 4.78 is 10.1. The topological polar surface area (TPSA) is 52.6 Å². The number of rotatable bonds is 4. The zero-order valence-corrected chi connectivity index (χ0v) is 16.2. The first-order chi connectivity index (χ1) is 12.0. The maximum Gasteiger partial charge on any atom is 0.163 e. The molecule has 0 bridgehead atoms. The number of hydrogen-bond donors (Lipinski definition) is 0. The summed E-state index contributed by atoms with van der Waals surface area (Å²) >= 11 is 3.33. The van der Waals surface area contributed by atoms with Gasteiger partial charge in [0.25, 0.3) is 0 Å². The number of halogens is 1. The Balaban J connectivity index is 0.000000467. The number of aryl methyl sites for hydroxylation is 1. The lowest BCUT2D eigenvalue weighted by Crippen LogP contribution is -1.98. The highest BCUT2D eigenvalue weighted by Crippen LogP contribution is 2.25. The van der Waals surface area contributed by atoms with Gasteiger partial charge in [-0.05, 0) is 60.9 Å². The van der Waals surface area contributed by atoms with Gasteiger partial charge in [0.05, 0.1) is 14.2 Å². The van der Waals surface area contributed by atoms with E-state index in [1.807, 2.05) is 24.3 Å². The fourth-order valence-corrected chi connectivity index (χ4v) is 3.17. The maximum atomic E-state index is 11.2. The van der Waals surface area contributed by atoms with Gasteiger partial charge in [-0.3, -0.25) is 9.59 Å². The number of fused-ring (bicyclic) bond motifs is 1. The van der Waals surface area contributed by atoms with Gasteiger partial charge in [-0.15, -0.1) is 0 Å². The molecule has 27 heavy (non-hydrogen) atoms. The lowest BCUT2D eigenvalue weighted by Gasteiger charge is -2.06. The third kappa shape index (κ3) is 6.21. The van der Waals surface area contributed by atoms with Gasteiger partial charge < -0.3 is 9.47 Å². The number of benzene rings is 2.